The van der Waals surface area contributed by atoms with Crippen LogP contribution < -0.4 is 0 Å². The second-order valence-electron chi connectivity index (χ2n) is 3.93. The maximum atomic E-state index is 11.5. The highest BCUT2D eigenvalue weighted by atomic mass is 16.4. The highest BCUT2D eigenvalue weighted by Crippen LogP contribution is 2.33. The normalized spacial score (nSPS) is 20.9. The Balaban J connectivity index is 2.72. The zero-order valence-electron chi connectivity index (χ0n) is 8.21. The van der Waals surface area contributed by atoms with E-state index < -0.39 is 11.4 Å². The van der Waals surface area contributed by atoms with Crippen LogP contribution in [0.4, 0.5) is 0 Å². The molecule has 1 saturated carbocycles. The molecule has 1 rings (SSSR count). The van der Waals surface area contributed by atoms with Crippen LogP contribution >= 0.6 is 0 Å². The average Bonchev–Trinajstić information content (AvgIpc) is 2.11. The zero-order valence-corrected chi connectivity index (χ0v) is 8.21. The van der Waals surface area contributed by atoms with Gasteiger partial charge in [-0.2, -0.15) is 0 Å². The van der Waals surface area contributed by atoms with E-state index in [0.29, 0.717) is 19.3 Å². The topological polar surface area (TPSA) is 71.4 Å². The van der Waals surface area contributed by atoms with Gasteiger partial charge in [0.15, 0.2) is 0 Å². The molecule has 1 aliphatic rings. The van der Waals surface area contributed by atoms with Crippen LogP contribution in [-0.2, 0) is 14.4 Å². The van der Waals surface area contributed by atoms with Crippen LogP contribution in [0.5, 0.6) is 0 Å². The summed E-state index contributed by atoms with van der Waals surface area (Å²) in [5, 5.41) is 8.51. The summed E-state index contributed by atoms with van der Waals surface area (Å²) in [5.74, 6) is -1.16. The fourth-order valence-corrected chi connectivity index (χ4v) is 1.75. The predicted molar refractivity (Wildman–Crippen MR) is 48.8 cm³/mol. The minimum absolute atomic E-state index is 0.102. The maximum Gasteiger partial charge on any atom is 0.303 e. The van der Waals surface area contributed by atoms with Crippen LogP contribution in [0.15, 0.2) is 0 Å². The van der Waals surface area contributed by atoms with E-state index in [-0.39, 0.29) is 24.4 Å². The molecule has 0 heterocycles. The van der Waals surface area contributed by atoms with E-state index in [2.05, 4.69) is 0 Å². The number of carboxylic acids is 1. The van der Waals surface area contributed by atoms with Crippen molar-refractivity contribution in [1.29, 1.82) is 0 Å². The van der Waals surface area contributed by atoms with Crippen LogP contribution in [0, 0.1) is 5.41 Å². The number of carbonyl (C=O) groups is 3. The summed E-state index contributed by atoms with van der Waals surface area (Å²) in [4.78, 5) is 33.4. The zero-order chi connectivity index (χ0) is 10.8. The lowest BCUT2D eigenvalue weighted by Gasteiger charge is -2.29. The number of hydrogen-bond acceptors (Lipinski definition) is 3. The Bertz CT molecular complexity index is 264. The lowest BCUT2D eigenvalue weighted by Crippen LogP contribution is -2.40. The van der Waals surface area contributed by atoms with Crippen molar-refractivity contribution in [1.82, 2.24) is 0 Å². The molecule has 1 N–H and O–H groups in total. The van der Waals surface area contributed by atoms with Gasteiger partial charge in [0.2, 0.25) is 0 Å². The number of rotatable bonds is 3. The number of ketones is 2. The fourth-order valence-electron chi connectivity index (χ4n) is 1.75. The van der Waals surface area contributed by atoms with Crippen molar-refractivity contribution in [3.05, 3.63) is 0 Å². The van der Waals surface area contributed by atoms with Crippen molar-refractivity contribution in [2.75, 3.05) is 0 Å². The van der Waals surface area contributed by atoms with Crippen molar-refractivity contribution < 1.29 is 19.5 Å². The smallest absolute Gasteiger partial charge is 0.303 e. The van der Waals surface area contributed by atoms with Gasteiger partial charge in [0.25, 0.3) is 0 Å². The maximum absolute atomic E-state index is 11.5. The second-order valence-corrected chi connectivity index (χ2v) is 3.93. The Morgan fingerprint density at radius 1 is 1.36 bits per heavy atom. The highest BCUT2D eigenvalue weighted by molar-refractivity contribution is 6.08. The van der Waals surface area contributed by atoms with Gasteiger partial charge >= 0.3 is 5.97 Å². The first-order valence-corrected chi connectivity index (χ1v) is 4.75. The van der Waals surface area contributed by atoms with Crippen molar-refractivity contribution in [3.8, 4) is 0 Å². The van der Waals surface area contributed by atoms with Crippen LogP contribution in [0.1, 0.15) is 39.0 Å². The molecule has 0 aromatic heterocycles. The van der Waals surface area contributed by atoms with E-state index in [1.807, 2.05) is 0 Å². The SMILES string of the molecule is CC1(CCC(=O)O)C(=O)CCCC1=O. The van der Waals surface area contributed by atoms with Crippen LogP contribution in [-0.4, -0.2) is 22.6 Å². The van der Waals surface area contributed by atoms with Crippen molar-refractivity contribution in [3.63, 3.8) is 0 Å². The summed E-state index contributed by atoms with van der Waals surface area (Å²) in [6.07, 6.45) is 1.44. The quantitative estimate of drug-likeness (QED) is 0.691. The third-order valence-corrected chi connectivity index (χ3v) is 2.88. The molecule has 0 atom stereocenters. The first kappa shape index (κ1) is 10.9. The van der Waals surface area contributed by atoms with Crippen molar-refractivity contribution in [2.45, 2.75) is 39.0 Å². The summed E-state index contributed by atoms with van der Waals surface area (Å²) < 4.78 is 0. The largest absolute Gasteiger partial charge is 0.481 e. The molecule has 0 amide bonds. The molecule has 14 heavy (non-hydrogen) atoms. The molecular weight excluding hydrogens is 184 g/mol. The number of aliphatic carboxylic acids is 1. The highest BCUT2D eigenvalue weighted by Gasteiger charge is 2.42. The number of carboxylic acid groups (broad SMARTS) is 1. The summed E-state index contributed by atoms with van der Waals surface area (Å²) in [5.41, 5.74) is -1.03. The van der Waals surface area contributed by atoms with Gasteiger partial charge in [-0.05, 0) is 19.8 Å². The Labute approximate surface area is 82.3 Å². The van der Waals surface area contributed by atoms with Gasteiger partial charge in [0.05, 0.1) is 5.41 Å². The first-order valence-electron chi connectivity index (χ1n) is 4.75. The minimum atomic E-state index is -1.03. The Hall–Kier alpha value is -1.19. The fraction of sp³-hybridized carbons (Fsp3) is 0.700. The van der Waals surface area contributed by atoms with E-state index >= 15 is 0 Å². The molecule has 0 spiro atoms. The molecule has 4 nitrogen and oxygen atoms in total. The molecule has 78 valence electrons. The van der Waals surface area contributed by atoms with Gasteiger partial charge in [-0.3, -0.25) is 14.4 Å². The summed E-state index contributed by atoms with van der Waals surface area (Å²) >= 11 is 0. The summed E-state index contributed by atoms with van der Waals surface area (Å²) in [6.45, 7) is 1.57. The van der Waals surface area contributed by atoms with E-state index in [1.54, 1.807) is 6.92 Å². The molecule has 1 fully saturated rings. The molecule has 0 aromatic rings. The van der Waals surface area contributed by atoms with Crippen LogP contribution in [0.3, 0.4) is 0 Å². The minimum Gasteiger partial charge on any atom is -0.481 e. The third kappa shape index (κ3) is 2.00. The number of Topliss-reactive ketones (excluding diaryl/α,β-unsaturated/α-hetero) is 2. The molecule has 1 aliphatic carbocycles. The molecule has 0 radical (unpaired) electrons. The van der Waals surface area contributed by atoms with Crippen LogP contribution in [0.25, 0.3) is 0 Å². The van der Waals surface area contributed by atoms with Gasteiger partial charge in [-0.25, -0.2) is 0 Å². The molecule has 0 saturated heterocycles. The van der Waals surface area contributed by atoms with Crippen molar-refractivity contribution >= 4 is 17.5 Å². The lowest BCUT2D eigenvalue weighted by molar-refractivity contribution is -0.144. The predicted octanol–water partition coefficient (Wildman–Crippen LogP) is 1.18. The number of carbonyl (C=O) groups excluding carboxylic acids is 2. The Morgan fingerprint density at radius 3 is 2.29 bits per heavy atom. The van der Waals surface area contributed by atoms with Gasteiger partial charge in [0, 0.05) is 19.3 Å². The lowest BCUT2D eigenvalue weighted by atomic mass is 9.71. The van der Waals surface area contributed by atoms with E-state index in [9.17, 15) is 14.4 Å². The Morgan fingerprint density at radius 2 is 1.86 bits per heavy atom. The number of hydrogen-bond donors (Lipinski definition) is 1. The van der Waals surface area contributed by atoms with Crippen LogP contribution in [0.2, 0.25) is 0 Å². The monoisotopic (exact) mass is 198 g/mol. The summed E-state index contributed by atoms with van der Waals surface area (Å²) in [6, 6.07) is 0. The first-order chi connectivity index (χ1) is 6.47. The van der Waals surface area contributed by atoms with Crippen molar-refractivity contribution in [2.24, 2.45) is 5.41 Å². The third-order valence-electron chi connectivity index (χ3n) is 2.88. The molecule has 4 heteroatoms. The van der Waals surface area contributed by atoms with E-state index in [4.69, 9.17) is 5.11 Å². The van der Waals surface area contributed by atoms with E-state index in [0.717, 1.165) is 0 Å². The van der Waals surface area contributed by atoms with Gasteiger partial charge in [-0.1, -0.05) is 0 Å². The molecular formula is C10H14O4. The van der Waals surface area contributed by atoms with E-state index in [1.165, 1.54) is 0 Å². The molecule has 0 aromatic carbocycles. The molecule has 0 bridgehead atoms. The standard InChI is InChI=1S/C10H14O4/c1-10(6-5-9(13)14)7(11)3-2-4-8(10)12/h2-6H2,1H3,(H,13,14). The second kappa shape index (κ2) is 3.90. The summed E-state index contributed by atoms with van der Waals surface area (Å²) in [7, 11) is 0. The van der Waals surface area contributed by atoms with Gasteiger partial charge in [-0.15, -0.1) is 0 Å². The van der Waals surface area contributed by atoms with Gasteiger partial charge in [0.1, 0.15) is 11.6 Å². The average molecular weight is 198 g/mol. The Kier molecular flexibility index (Phi) is 3.03. The van der Waals surface area contributed by atoms with Gasteiger partial charge < -0.3 is 5.11 Å². The molecule has 0 unspecified atom stereocenters. The molecule has 0 aliphatic heterocycles.